The second-order valence-electron chi connectivity index (χ2n) is 3.97. The molecule has 1 aliphatic rings. The van der Waals surface area contributed by atoms with Crippen molar-refractivity contribution in [2.24, 2.45) is 0 Å². The maximum absolute atomic E-state index is 11.2. The number of Topliss-reactive ketones (excluding diaryl/α,β-unsaturated/α-hetero) is 1. The molecule has 4 heteroatoms. The number of nitrogen functional groups attached to an aromatic ring is 1. The van der Waals surface area contributed by atoms with Crippen molar-refractivity contribution in [3.05, 3.63) is 23.8 Å². The van der Waals surface area contributed by atoms with Crippen molar-refractivity contribution in [1.82, 2.24) is 0 Å². The van der Waals surface area contributed by atoms with Crippen LogP contribution in [-0.2, 0) is 4.84 Å². The largest absolute Gasteiger partial charge is 0.398 e. The Kier molecular flexibility index (Phi) is 3.10. The first-order chi connectivity index (χ1) is 7.68. The van der Waals surface area contributed by atoms with Gasteiger partial charge in [0.25, 0.3) is 0 Å². The quantitative estimate of drug-likeness (QED) is 0.612. The minimum Gasteiger partial charge on any atom is -0.398 e. The van der Waals surface area contributed by atoms with Crippen LogP contribution in [0.1, 0.15) is 30.1 Å². The van der Waals surface area contributed by atoms with E-state index < -0.39 is 0 Å². The van der Waals surface area contributed by atoms with E-state index in [-0.39, 0.29) is 5.78 Å². The first-order valence-electron chi connectivity index (χ1n) is 5.49. The number of nitrogens with zero attached hydrogens (tertiary/aromatic N) is 1. The van der Waals surface area contributed by atoms with Crippen molar-refractivity contribution in [3.63, 3.8) is 0 Å². The van der Waals surface area contributed by atoms with E-state index in [1.165, 1.54) is 6.92 Å². The van der Waals surface area contributed by atoms with Gasteiger partial charge in [-0.2, -0.15) is 0 Å². The summed E-state index contributed by atoms with van der Waals surface area (Å²) < 4.78 is 0. The molecule has 4 nitrogen and oxygen atoms in total. The van der Waals surface area contributed by atoms with Crippen molar-refractivity contribution >= 4 is 17.2 Å². The topological polar surface area (TPSA) is 55.6 Å². The van der Waals surface area contributed by atoms with Crippen LogP contribution >= 0.6 is 0 Å². The van der Waals surface area contributed by atoms with Gasteiger partial charge in [-0.15, -0.1) is 0 Å². The van der Waals surface area contributed by atoms with E-state index in [9.17, 15) is 4.79 Å². The van der Waals surface area contributed by atoms with Gasteiger partial charge in [0.15, 0.2) is 5.78 Å². The second kappa shape index (κ2) is 4.53. The molecule has 0 atom stereocenters. The Balaban J connectivity index is 2.23. The van der Waals surface area contributed by atoms with Crippen LogP contribution in [0.3, 0.4) is 0 Å². The number of nitrogens with two attached hydrogens (primary N) is 1. The molecule has 2 N–H and O–H groups in total. The predicted molar refractivity (Wildman–Crippen MR) is 63.4 cm³/mol. The summed E-state index contributed by atoms with van der Waals surface area (Å²) in [7, 11) is 0. The van der Waals surface area contributed by atoms with Crippen LogP contribution in [0.5, 0.6) is 0 Å². The van der Waals surface area contributed by atoms with Crippen molar-refractivity contribution < 1.29 is 9.63 Å². The Labute approximate surface area is 94.9 Å². The Morgan fingerprint density at radius 3 is 2.81 bits per heavy atom. The highest BCUT2D eigenvalue weighted by Gasteiger charge is 2.13. The lowest BCUT2D eigenvalue weighted by molar-refractivity contribution is 0.0778. The number of hydrogen-bond acceptors (Lipinski definition) is 4. The van der Waals surface area contributed by atoms with Gasteiger partial charge >= 0.3 is 0 Å². The van der Waals surface area contributed by atoms with Crippen LogP contribution in [0.4, 0.5) is 11.4 Å². The summed E-state index contributed by atoms with van der Waals surface area (Å²) in [5.74, 6) is -0.0105. The zero-order valence-electron chi connectivity index (χ0n) is 9.40. The van der Waals surface area contributed by atoms with Crippen molar-refractivity contribution in [1.29, 1.82) is 0 Å². The van der Waals surface area contributed by atoms with Crippen molar-refractivity contribution in [2.45, 2.75) is 19.8 Å². The van der Waals surface area contributed by atoms with E-state index in [1.54, 1.807) is 12.1 Å². The summed E-state index contributed by atoms with van der Waals surface area (Å²) in [5.41, 5.74) is 7.83. The lowest BCUT2D eigenvalue weighted by atomic mass is 10.1. The maximum atomic E-state index is 11.2. The molecule has 2 rings (SSSR count). The molecule has 0 saturated carbocycles. The molecule has 0 aliphatic carbocycles. The summed E-state index contributed by atoms with van der Waals surface area (Å²) >= 11 is 0. The highest BCUT2D eigenvalue weighted by atomic mass is 16.7. The van der Waals surface area contributed by atoms with Gasteiger partial charge in [0, 0.05) is 17.8 Å². The third kappa shape index (κ3) is 2.17. The fourth-order valence-electron chi connectivity index (χ4n) is 1.83. The van der Waals surface area contributed by atoms with Gasteiger partial charge in [0.1, 0.15) is 0 Å². The lowest BCUT2D eigenvalue weighted by Gasteiger charge is -2.28. The highest BCUT2D eigenvalue weighted by Crippen LogP contribution is 2.24. The molecule has 1 heterocycles. The number of benzene rings is 1. The second-order valence-corrected chi connectivity index (χ2v) is 3.97. The molecule has 1 aliphatic heterocycles. The van der Waals surface area contributed by atoms with Gasteiger partial charge in [0.05, 0.1) is 12.3 Å². The molecule has 0 bridgehead atoms. The molecule has 16 heavy (non-hydrogen) atoms. The number of hydrogen-bond donors (Lipinski definition) is 1. The van der Waals surface area contributed by atoms with Crippen LogP contribution in [0.15, 0.2) is 18.2 Å². The molecule has 0 amide bonds. The summed E-state index contributed by atoms with van der Waals surface area (Å²) in [6, 6.07) is 5.42. The van der Waals surface area contributed by atoms with E-state index in [0.717, 1.165) is 31.7 Å². The van der Waals surface area contributed by atoms with E-state index in [1.807, 2.05) is 11.1 Å². The molecular formula is C12H16N2O2. The molecule has 0 unspecified atom stereocenters. The predicted octanol–water partition coefficient (Wildman–Crippen LogP) is 2.00. The molecule has 86 valence electrons. The summed E-state index contributed by atoms with van der Waals surface area (Å²) in [5, 5.41) is 1.84. The zero-order chi connectivity index (χ0) is 11.5. The Bertz CT molecular complexity index is 398. The van der Waals surface area contributed by atoms with Crippen LogP contribution in [0.25, 0.3) is 0 Å². The van der Waals surface area contributed by atoms with Crippen LogP contribution in [-0.4, -0.2) is 18.9 Å². The average molecular weight is 220 g/mol. The summed E-state index contributed by atoms with van der Waals surface area (Å²) in [6.45, 7) is 3.13. The fourth-order valence-corrected chi connectivity index (χ4v) is 1.83. The number of rotatable bonds is 2. The molecular weight excluding hydrogens is 204 g/mol. The van der Waals surface area contributed by atoms with E-state index in [2.05, 4.69) is 0 Å². The first-order valence-corrected chi connectivity index (χ1v) is 5.49. The minimum absolute atomic E-state index is 0.0105. The Morgan fingerprint density at radius 2 is 2.25 bits per heavy atom. The average Bonchev–Trinajstić information content (AvgIpc) is 2.29. The standard InChI is InChI=1S/C12H16N2O2/c1-9(15)11-5-4-10(8-12(11)13)14-6-2-3-7-16-14/h4-5,8H,2-3,6-7,13H2,1H3. The van der Waals surface area contributed by atoms with Crippen molar-refractivity contribution in [3.8, 4) is 0 Å². The Morgan fingerprint density at radius 1 is 1.44 bits per heavy atom. The minimum atomic E-state index is -0.0105. The van der Waals surface area contributed by atoms with Crippen LogP contribution in [0.2, 0.25) is 0 Å². The van der Waals surface area contributed by atoms with Crippen molar-refractivity contribution in [2.75, 3.05) is 23.9 Å². The highest BCUT2D eigenvalue weighted by molar-refractivity contribution is 5.99. The smallest absolute Gasteiger partial charge is 0.161 e. The van der Waals surface area contributed by atoms with Gasteiger partial charge in [-0.05, 0) is 38.0 Å². The third-order valence-electron chi connectivity index (χ3n) is 2.71. The number of anilines is 2. The summed E-state index contributed by atoms with van der Waals surface area (Å²) in [4.78, 5) is 16.7. The number of ketones is 1. The van der Waals surface area contributed by atoms with Gasteiger partial charge in [-0.25, -0.2) is 0 Å². The third-order valence-corrected chi connectivity index (χ3v) is 2.71. The van der Waals surface area contributed by atoms with Gasteiger partial charge in [0.2, 0.25) is 0 Å². The molecule has 1 fully saturated rings. The van der Waals surface area contributed by atoms with Crippen LogP contribution < -0.4 is 10.8 Å². The van der Waals surface area contributed by atoms with Gasteiger partial charge in [-0.1, -0.05) is 0 Å². The first kappa shape index (κ1) is 11.0. The van der Waals surface area contributed by atoms with Gasteiger partial charge < -0.3 is 5.73 Å². The van der Waals surface area contributed by atoms with Gasteiger partial charge in [-0.3, -0.25) is 14.7 Å². The molecule has 0 radical (unpaired) electrons. The van der Waals surface area contributed by atoms with Crippen LogP contribution in [0, 0.1) is 0 Å². The SMILES string of the molecule is CC(=O)c1ccc(N2CCCCO2)cc1N. The lowest BCUT2D eigenvalue weighted by Crippen LogP contribution is -2.29. The van der Waals surface area contributed by atoms with E-state index in [4.69, 9.17) is 10.6 Å². The molecule has 0 aromatic heterocycles. The van der Waals surface area contributed by atoms with E-state index in [0.29, 0.717) is 11.3 Å². The number of hydroxylamine groups is 1. The molecule has 0 spiro atoms. The number of carbonyl (C=O) groups excluding carboxylic acids is 1. The Hall–Kier alpha value is -1.55. The van der Waals surface area contributed by atoms with E-state index >= 15 is 0 Å². The fraction of sp³-hybridized carbons (Fsp3) is 0.417. The molecule has 1 aromatic rings. The molecule has 1 aromatic carbocycles. The zero-order valence-corrected chi connectivity index (χ0v) is 9.40. The maximum Gasteiger partial charge on any atom is 0.161 e. The normalized spacial score (nSPS) is 16.2. The number of carbonyl (C=O) groups is 1. The molecule has 1 saturated heterocycles. The summed E-state index contributed by atoms with van der Waals surface area (Å²) in [6.07, 6.45) is 2.21. The monoisotopic (exact) mass is 220 g/mol.